The largest absolute Gasteiger partial charge is 0.466 e. The van der Waals surface area contributed by atoms with E-state index in [-0.39, 0.29) is 22.2 Å². The number of benzene rings is 1. The summed E-state index contributed by atoms with van der Waals surface area (Å²) in [6, 6.07) is 3.68. The Morgan fingerprint density at radius 3 is 2.71 bits per heavy atom. The Balaban J connectivity index is 2.60. The monoisotopic (exact) mass is 348 g/mol. The van der Waals surface area contributed by atoms with E-state index < -0.39 is 18.0 Å². The Labute approximate surface area is 136 Å². The number of nitrogens with one attached hydrogen (secondary N) is 2. The molecular formula is C13H11Cl3N2O3. The summed E-state index contributed by atoms with van der Waals surface area (Å²) in [6.45, 7) is 0. The SMILES string of the molecule is COC(=O)C1=C(CCl)NC(=O)NC1c1cccc(Cl)c1Cl. The third kappa shape index (κ3) is 3.10. The molecule has 0 aromatic heterocycles. The molecule has 2 N–H and O–H groups in total. The van der Waals surface area contributed by atoms with Crippen molar-refractivity contribution >= 4 is 46.8 Å². The topological polar surface area (TPSA) is 67.4 Å². The number of carbonyl (C=O) groups excluding carboxylic acids is 2. The van der Waals surface area contributed by atoms with Gasteiger partial charge in [-0.2, -0.15) is 0 Å². The van der Waals surface area contributed by atoms with Crippen molar-refractivity contribution in [3.8, 4) is 0 Å². The van der Waals surface area contributed by atoms with Gasteiger partial charge in [0.15, 0.2) is 0 Å². The molecule has 0 bridgehead atoms. The van der Waals surface area contributed by atoms with E-state index in [9.17, 15) is 9.59 Å². The molecule has 2 rings (SSSR count). The van der Waals surface area contributed by atoms with Crippen LogP contribution >= 0.6 is 34.8 Å². The van der Waals surface area contributed by atoms with Crippen LogP contribution in [0.4, 0.5) is 4.79 Å². The van der Waals surface area contributed by atoms with Crippen molar-refractivity contribution in [2.75, 3.05) is 13.0 Å². The van der Waals surface area contributed by atoms with Gasteiger partial charge in [-0.15, -0.1) is 11.6 Å². The van der Waals surface area contributed by atoms with Crippen LogP contribution in [0.1, 0.15) is 11.6 Å². The van der Waals surface area contributed by atoms with Gasteiger partial charge in [0.05, 0.1) is 34.7 Å². The van der Waals surface area contributed by atoms with Crippen molar-refractivity contribution in [1.82, 2.24) is 10.6 Å². The number of esters is 1. The van der Waals surface area contributed by atoms with Crippen molar-refractivity contribution in [3.05, 3.63) is 45.1 Å². The van der Waals surface area contributed by atoms with E-state index in [1.54, 1.807) is 18.2 Å². The summed E-state index contributed by atoms with van der Waals surface area (Å²) >= 11 is 17.9. The fourth-order valence-corrected chi connectivity index (χ4v) is 2.68. The maximum atomic E-state index is 12.0. The van der Waals surface area contributed by atoms with Crippen molar-refractivity contribution in [1.29, 1.82) is 0 Å². The van der Waals surface area contributed by atoms with Crippen molar-refractivity contribution in [2.24, 2.45) is 0 Å². The molecular weight excluding hydrogens is 339 g/mol. The van der Waals surface area contributed by atoms with Crippen LogP contribution in [0.3, 0.4) is 0 Å². The summed E-state index contributed by atoms with van der Waals surface area (Å²) in [6.07, 6.45) is 0. The molecule has 1 aliphatic heterocycles. The average molecular weight is 350 g/mol. The van der Waals surface area contributed by atoms with Crippen molar-refractivity contribution in [3.63, 3.8) is 0 Å². The summed E-state index contributed by atoms with van der Waals surface area (Å²) in [4.78, 5) is 23.7. The first-order valence-electron chi connectivity index (χ1n) is 5.88. The molecule has 1 aromatic rings. The summed E-state index contributed by atoms with van der Waals surface area (Å²) in [5, 5.41) is 5.68. The van der Waals surface area contributed by atoms with Gasteiger partial charge in [0, 0.05) is 5.70 Å². The van der Waals surface area contributed by atoms with Gasteiger partial charge in [-0.05, 0) is 11.6 Å². The number of allylic oxidation sites excluding steroid dienone is 1. The molecule has 5 nitrogen and oxygen atoms in total. The minimum atomic E-state index is -0.786. The standard InChI is InChI=1S/C13H11Cl3N2O3/c1-21-12(19)9-8(5-14)17-13(20)18-11(9)6-3-2-4-7(15)10(6)16/h2-4,11H,5H2,1H3,(H2,17,18,20). The summed E-state index contributed by atoms with van der Waals surface area (Å²) in [5.41, 5.74) is 0.951. The lowest BCUT2D eigenvalue weighted by Gasteiger charge is -2.29. The normalized spacial score (nSPS) is 18.1. The highest BCUT2D eigenvalue weighted by Gasteiger charge is 2.34. The highest BCUT2D eigenvalue weighted by atomic mass is 35.5. The predicted molar refractivity (Wildman–Crippen MR) is 80.6 cm³/mol. The van der Waals surface area contributed by atoms with E-state index in [1.165, 1.54) is 7.11 Å². The molecule has 112 valence electrons. The molecule has 0 fully saturated rings. The number of methoxy groups -OCH3 is 1. The number of ether oxygens (including phenoxy) is 1. The number of hydrogen-bond donors (Lipinski definition) is 2. The highest BCUT2D eigenvalue weighted by molar-refractivity contribution is 6.42. The summed E-state index contributed by atoms with van der Waals surface area (Å²) in [5.74, 6) is -0.661. The third-order valence-corrected chi connectivity index (χ3v) is 4.09. The van der Waals surface area contributed by atoms with Crippen LogP contribution in [0, 0.1) is 0 Å². The lowest BCUT2D eigenvalue weighted by Crippen LogP contribution is -2.46. The van der Waals surface area contributed by atoms with Crippen LogP contribution in [0.25, 0.3) is 0 Å². The minimum absolute atomic E-state index is 0.0491. The number of hydrogen-bond acceptors (Lipinski definition) is 3. The van der Waals surface area contributed by atoms with E-state index in [0.717, 1.165) is 0 Å². The average Bonchev–Trinajstić information content (AvgIpc) is 2.48. The Morgan fingerprint density at radius 1 is 1.38 bits per heavy atom. The van der Waals surface area contributed by atoms with Gasteiger partial charge in [0.25, 0.3) is 0 Å². The zero-order valence-corrected chi connectivity index (χ0v) is 13.1. The lowest BCUT2D eigenvalue weighted by molar-refractivity contribution is -0.136. The minimum Gasteiger partial charge on any atom is -0.466 e. The highest BCUT2D eigenvalue weighted by Crippen LogP contribution is 2.35. The Morgan fingerprint density at radius 2 is 2.10 bits per heavy atom. The first kappa shape index (κ1) is 15.9. The van der Waals surface area contributed by atoms with Crippen molar-refractivity contribution in [2.45, 2.75) is 6.04 Å². The second-order valence-electron chi connectivity index (χ2n) is 4.19. The quantitative estimate of drug-likeness (QED) is 0.651. The third-order valence-electron chi connectivity index (χ3n) is 2.99. The van der Waals surface area contributed by atoms with Gasteiger partial charge in [-0.3, -0.25) is 0 Å². The van der Waals surface area contributed by atoms with Gasteiger partial charge in [0.2, 0.25) is 0 Å². The molecule has 1 unspecified atom stereocenters. The zero-order valence-electron chi connectivity index (χ0n) is 10.9. The number of amides is 2. The van der Waals surface area contributed by atoms with E-state index in [2.05, 4.69) is 10.6 Å². The van der Waals surface area contributed by atoms with Gasteiger partial charge in [-0.1, -0.05) is 35.3 Å². The summed E-state index contributed by atoms with van der Waals surface area (Å²) in [7, 11) is 1.24. The van der Waals surface area contributed by atoms with E-state index in [4.69, 9.17) is 39.5 Å². The number of rotatable bonds is 3. The molecule has 0 saturated carbocycles. The van der Waals surface area contributed by atoms with Gasteiger partial charge < -0.3 is 15.4 Å². The van der Waals surface area contributed by atoms with Crippen LogP contribution in [0.5, 0.6) is 0 Å². The number of alkyl halides is 1. The number of urea groups is 1. The first-order chi connectivity index (χ1) is 9.99. The van der Waals surface area contributed by atoms with Crippen molar-refractivity contribution < 1.29 is 14.3 Å². The second-order valence-corrected chi connectivity index (χ2v) is 5.24. The molecule has 1 heterocycles. The van der Waals surface area contributed by atoms with Crippen LogP contribution in [-0.4, -0.2) is 25.0 Å². The Kier molecular flexibility index (Phi) is 4.98. The first-order valence-corrected chi connectivity index (χ1v) is 7.17. The molecule has 1 atom stereocenters. The summed E-state index contributed by atoms with van der Waals surface area (Å²) < 4.78 is 4.76. The molecule has 1 aromatic carbocycles. The number of halogens is 3. The van der Waals surface area contributed by atoms with Gasteiger partial charge in [-0.25, -0.2) is 9.59 Å². The second kappa shape index (κ2) is 6.56. The van der Waals surface area contributed by atoms with Crippen LogP contribution < -0.4 is 10.6 Å². The van der Waals surface area contributed by atoms with Crippen LogP contribution in [0.15, 0.2) is 29.5 Å². The smallest absolute Gasteiger partial charge is 0.338 e. The zero-order chi connectivity index (χ0) is 15.6. The fraction of sp³-hybridized carbons (Fsp3) is 0.231. The van der Waals surface area contributed by atoms with Crippen LogP contribution in [-0.2, 0) is 9.53 Å². The van der Waals surface area contributed by atoms with Gasteiger partial charge in [0.1, 0.15) is 0 Å². The Bertz CT molecular complexity index is 631. The maximum Gasteiger partial charge on any atom is 0.338 e. The molecule has 21 heavy (non-hydrogen) atoms. The van der Waals surface area contributed by atoms with Gasteiger partial charge >= 0.3 is 12.0 Å². The maximum absolute atomic E-state index is 12.0. The molecule has 2 amide bonds. The molecule has 8 heteroatoms. The fourth-order valence-electron chi connectivity index (χ4n) is 2.05. The van der Waals surface area contributed by atoms with E-state index >= 15 is 0 Å². The van der Waals surface area contributed by atoms with E-state index in [0.29, 0.717) is 10.6 Å². The molecule has 1 aliphatic rings. The molecule has 0 radical (unpaired) electrons. The van der Waals surface area contributed by atoms with E-state index in [1.807, 2.05) is 0 Å². The molecule has 0 spiro atoms. The predicted octanol–water partition coefficient (Wildman–Crippen LogP) is 3.01. The Hall–Kier alpha value is -1.43. The van der Waals surface area contributed by atoms with Crippen LogP contribution in [0.2, 0.25) is 10.0 Å². The molecule has 0 saturated heterocycles. The molecule has 0 aliphatic carbocycles. The number of carbonyl (C=O) groups is 2. The lowest BCUT2D eigenvalue weighted by atomic mass is 9.95.